The third kappa shape index (κ3) is 3.01. The van der Waals surface area contributed by atoms with Gasteiger partial charge in [0.15, 0.2) is 5.12 Å². The number of hydrogen-bond donors (Lipinski definition) is 3. The summed E-state index contributed by atoms with van der Waals surface area (Å²) in [7, 11) is 0. The molecule has 0 spiro atoms. The largest absolute Gasteiger partial charge is 0.389 e. The molecule has 3 N–H and O–H groups in total. The van der Waals surface area contributed by atoms with E-state index >= 15 is 0 Å². The van der Waals surface area contributed by atoms with Crippen LogP contribution in [0.2, 0.25) is 0 Å². The van der Waals surface area contributed by atoms with Crippen molar-refractivity contribution in [3.05, 3.63) is 23.4 Å². The van der Waals surface area contributed by atoms with Crippen LogP contribution >= 0.6 is 11.8 Å². The molecule has 0 bridgehead atoms. The highest BCUT2D eigenvalue weighted by atomic mass is 32.2. The topological polar surface area (TPSA) is 82.5 Å². The number of fused-ring (bicyclic) bond motifs is 1. The molecule has 0 saturated carbocycles. The monoisotopic (exact) mass is 268 g/mol. The van der Waals surface area contributed by atoms with Gasteiger partial charge in [0, 0.05) is 31.0 Å². The molecule has 6 heteroatoms. The average molecular weight is 268 g/mol. The smallest absolute Gasteiger partial charge is 0.185 e. The van der Waals surface area contributed by atoms with Gasteiger partial charge in [-0.25, -0.2) is 4.98 Å². The first kappa shape index (κ1) is 13.3. The van der Waals surface area contributed by atoms with Crippen molar-refractivity contribution in [1.29, 1.82) is 0 Å². The number of anilines is 1. The zero-order chi connectivity index (χ0) is 13.1. The van der Waals surface area contributed by atoms with Crippen molar-refractivity contribution >= 4 is 22.7 Å². The van der Waals surface area contributed by atoms with Gasteiger partial charge in [0.2, 0.25) is 0 Å². The van der Waals surface area contributed by atoms with Gasteiger partial charge in [0.1, 0.15) is 11.9 Å². The number of carbonyl (C=O) groups is 1. The molecule has 2 atom stereocenters. The Bertz CT molecular complexity index is 453. The molecular weight excluding hydrogens is 252 g/mol. The van der Waals surface area contributed by atoms with E-state index in [1.165, 1.54) is 6.92 Å². The first-order valence-corrected chi connectivity index (χ1v) is 6.78. The Labute approximate surface area is 110 Å². The van der Waals surface area contributed by atoms with Gasteiger partial charge < -0.3 is 15.5 Å². The van der Waals surface area contributed by atoms with Gasteiger partial charge >= 0.3 is 0 Å². The number of aliphatic hydroxyl groups excluding tert-OH is 2. The molecule has 2 rings (SSSR count). The fraction of sp³-hybridized carbons (Fsp3) is 0.500. The quantitative estimate of drug-likeness (QED) is 0.746. The fourth-order valence-electron chi connectivity index (χ4n) is 1.87. The molecule has 1 aromatic heterocycles. The molecule has 2 heterocycles. The normalized spacial score (nSPS) is 16.8. The van der Waals surface area contributed by atoms with Gasteiger partial charge in [-0.05, 0) is 18.1 Å². The van der Waals surface area contributed by atoms with Crippen LogP contribution in [0.25, 0.3) is 0 Å². The van der Waals surface area contributed by atoms with Crippen molar-refractivity contribution in [2.45, 2.75) is 25.6 Å². The van der Waals surface area contributed by atoms with E-state index < -0.39 is 12.2 Å². The molecule has 0 radical (unpaired) electrons. The van der Waals surface area contributed by atoms with E-state index in [-0.39, 0.29) is 10.9 Å². The predicted octanol–water partition coefficient (Wildman–Crippen LogP) is 0.724. The lowest BCUT2D eigenvalue weighted by molar-refractivity contribution is -0.109. The molecule has 1 aromatic rings. The first-order chi connectivity index (χ1) is 8.58. The van der Waals surface area contributed by atoms with E-state index in [2.05, 4.69) is 10.3 Å². The summed E-state index contributed by atoms with van der Waals surface area (Å²) in [6, 6.07) is 1.86. The van der Waals surface area contributed by atoms with Crippen molar-refractivity contribution < 1.29 is 15.0 Å². The Morgan fingerprint density at radius 1 is 1.61 bits per heavy atom. The van der Waals surface area contributed by atoms with E-state index in [0.717, 1.165) is 36.1 Å². The number of pyridine rings is 1. The highest BCUT2D eigenvalue weighted by Gasteiger charge is 2.21. The Balaban J connectivity index is 2.04. The minimum absolute atomic E-state index is 0.0717. The van der Waals surface area contributed by atoms with Gasteiger partial charge in [-0.1, -0.05) is 11.8 Å². The highest BCUT2D eigenvalue weighted by Crippen LogP contribution is 2.25. The van der Waals surface area contributed by atoms with E-state index in [4.69, 9.17) is 0 Å². The number of thioether (sulfide) groups is 1. The summed E-state index contributed by atoms with van der Waals surface area (Å²) in [5, 5.41) is 22.9. The molecule has 18 heavy (non-hydrogen) atoms. The summed E-state index contributed by atoms with van der Waals surface area (Å²) in [6.45, 7) is 2.29. The van der Waals surface area contributed by atoms with E-state index in [0.29, 0.717) is 5.56 Å². The maximum Gasteiger partial charge on any atom is 0.185 e. The molecule has 0 aromatic carbocycles. The summed E-state index contributed by atoms with van der Waals surface area (Å²) >= 11 is 1.01. The third-order valence-electron chi connectivity index (χ3n) is 2.84. The molecule has 2 unspecified atom stereocenters. The number of rotatable bonds is 4. The molecule has 0 aliphatic carbocycles. The summed E-state index contributed by atoms with van der Waals surface area (Å²) in [6.07, 6.45) is 0.466. The molecule has 0 saturated heterocycles. The second-order valence-corrected chi connectivity index (χ2v) is 5.46. The SMILES string of the molecule is CC(=O)SCC(O)C(O)c1cnc2c(c1)CCN2. The maximum absolute atomic E-state index is 10.8. The summed E-state index contributed by atoms with van der Waals surface area (Å²) in [5.41, 5.74) is 1.65. The van der Waals surface area contributed by atoms with E-state index in [1.807, 2.05) is 6.07 Å². The number of nitrogens with zero attached hydrogens (tertiary/aromatic N) is 1. The summed E-state index contributed by atoms with van der Waals surface area (Å²) in [5.74, 6) is 1.03. The lowest BCUT2D eigenvalue weighted by Crippen LogP contribution is -2.21. The molecule has 0 amide bonds. The second-order valence-electron chi connectivity index (χ2n) is 4.27. The molecule has 1 aliphatic rings. The lowest BCUT2D eigenvalue weighted by Gasteiger charge is -2.17. The van der Waals surface area contributed by atoms with Crippen LogP contribution in [-0.4, -0.2) is 38.7 Å². The first-order valence-electron chi connectivity index (χ1n) is 5.80. The Morgan fingerprint density at radius 2 is 2.39 bits per heavy atom. The number of carbonyl (C=O) groups excluding carboxylic acids is 1. The van der Waals surface area contributed by atoms with Crippen LogP contribution in [0.15, 0.2) is 12.3 Å². The maximum atomic E-state index is 10.8. The Hall–Kier alpha value is -1.11. The second kappa shape index (κ2) is 5.69. The van der Waals surface area contributed by atoms with Gasteiger partial charge in [-0.2, -0.15) is 0 Å². The Kier molecular flexibility index (Phi) is 4.21. The minimum Gasteiger partial charge on any atom is -0.389 e. The third-order valence-corrected chi connectivity index (χ3v) is 3.75. The van der Waals surface area contributed by atoms with Gasteiger partial charge in [0.25, 0.3) is 0 Å². The van der Waals surface area contributed by atoms with Crippen LogP contribution in [-0.2, 0) is 11.2 Å². The van der Waals surface area contributed by atoms with Crippen LogP contribution in [0.5, 0.6) is 0 Å². The van der Waals surface area contributed by atoms with Gasteiger partial charge in [0.05, 0.1) is 6.10 Å². The van der Waals surface area contributed by atoms with Crippen LogP contribution in [0.1, 0.15) is 24.2 Å². The van der Waals surface area contributed by atoms with E-state index in [1.54, 1.807) is 6.20 Å². The lowest BCUT2D eigenvalue weighted by atomic mass is 10.0. The van der Waals surface area contributed by atoms with Crippen LogP contribution < -0.4 is 5.32 Å². The number of aliphatic hydroxyl groups is 2. The van der Waals surface area contributed by atoms with Crippen molar-refractivity contribution in [3.63, 3.8) is 0 Å². The molecule has 1 aliphatic heterocycles. The van der Waals surface area contributed by atoms with E-state index in [9.17, 15) is 15.0 Å². The molecule has 5 nitrogen and oxygen atoms in total. The van der Waals surface area contributed by atoms with Crippen molar-refractivity contribution in [2.24, 2.45) is 0 Å². The van der Waals surface area contributed by atoms with Crippen LogP contribution in [0, 0.1) is 0 Å². The standard InChI is InChI=1S/C12H16N2O3S/c1-7(15)18-6-10(16)11(17)9-4-8-2-3-13-12(8)14-5-9/h4-5,10-11,16-17H,2-3,6H2,1H3,(H,13,14). The number of nitrogens with one attached hydrogen (secondary N) is 1. The predicted molar refractivity (Wildman–Crippen MR) is 70.5 cm³/mol. The molecular formula is C12H16N2O3S. The summed E-state index contributed by atoms with van der Waals surface area (Å²) in [4.78, 5) is 15.0. The fourth-order valence-corrected chi connectivity index (χ4v) is 2.46. The molecule has 0 fully saturated rings. The Morgan fingerprint density at radius 3 is 3.11 bits per heavy atom. The number of aromatic nitrogens is 1. The van der Waals surface area contributed by atoms with Gasteiger partial charge in [-0.3, -0.25) is 4.79 Å². The van der Waals surface area contributed by atoms with Crippen molar-refractivity contribution in [1.82, 2.24) is 4.98 Å². The highest BCUT2D eigenvalue weighted by molar-refractivity contribution is 8.13. The number of hydrogen-bond acceptors (Lipinski definition) is 6. The zero-order valence-electron chi connectivity index (χ0n) is 10.1. The van der Waals surface area contributed by atoms with Gasteiger partial charge in [-0.15, -0.1) is 0 Å². The van der Waals surface area contributed by atoms with Crippen LogP contribution in [0.4, 0.5) is 5.82 Å². The zero-order valence-corrected chi connectivity index (χ0v) is 10.9. The van der Waals surface area contributed by atoms with Crippen molar-refractivity contribution in [2.75, 3.05) is 17.6 Å². The minimum atomic E-state index is -1.00. The summed E-state index contributed by atoms with van der Waals surface area (Å²) < 4.78 is 0. The van der Waals surface area contributed by atoms with Crippen LogP contribution in [0.3, 0.4) is 0 Å². The van der Waals surface area contributed by atoms with Crippen molar-refractivity contribution in [3.8, 4) is 0 Å². The average Bonchev–Trinajstić information content (AvgIpc) is 2.81. The molecule has 98 valence electrons.